The van der Waals surface area contributed by atoms with E-state index in [9.17, 15) is 9.90 Å². The van der Waals surface area contributed by atoms with Gasteiger partial charge in [-0.3, -0.25) is 0 Å². The van der Waals surface area contributed by atoms with Crippen molar-refractivity contribution in [1.29, 1.82) is 0 Å². The molecule has 0 aromatic rings. The second-order valence-electron chi connectivity index (χ2n) is 6.72. The summed E-state index contributed by atoms with van der Waals surface area (Å²) in [6, 6.07) is 0. The summed E-state index contributed by atoms with van der Waals surface area (Å²) in [7, 11) is -2.01. The molecule has 1 aliphatic rings. The first kappa shape index (κ1) is 14.7. The summed E-state index contributed by atoms with van der Waals surface area (Å²) in [5.41, 5.74) is -0.902. The molecular formula is C13H26O3Si. The minimum Gasteiger partial charge on any atom is -0.479 e. The molecule has 0 aromatic heterocycles. The first-order valence-electron chi connectivity index (χ1n) is 6.54. The molecule has 0 saturated heterocycles. The first-order valence-corrected chi connectivity index (χ1v) is 9.45. The van der Waals surface area contributed by atoms with Crippen molar-refractivity contribution >= 4 is 14.3 Å². The molecule has 0 aliphatic heterocycles. The molecule has 0 atom stereocenters. The van der Waals surface area contributed by atoms with Crippen LogP contribution in [0, 0.1) is 0 Å². The van der Waals surface area contributed by atoms with Crippen molar-refractivity contribution in [3.63, 3.8) is 0 Å². The van der Waals surface area contributed by atoms with Gasteiger partial charge in [-0.25, -0.2) is 4.79 Å². The van der Waals surface area contributed by atoms with E-state index in [2.05, 4.69) is 33.9 Å². The molecule has 100 valence electrons. The second-order valence-corrected chi connectivity index (χ2v) is 11.4. The predicted molar refractivity (Wildman–Crippen MR) is 71.7 cm³/mol. The van der Waals surface area contributed by atoms with Gasteiger partial charge in [-0.1, -0.05) is 40.0 Å². The van der Waals surface area contributed by atoms with Gasteiger partial charge in [-0.05, 0) is 31.0 Å². The molecule has 3 nitrogen and oxygen atoms in total. The topological polar surface area (TPSA) is 46.5 Å². The normalized spacial score (nSPS) is 21.2. The highest BCUT2D eigenvalue weighted by molar-refractivity contribution is 6.74. The van der Waals surface area contributed by atoms with Crippen molar-refractivity contribution in [3.8, 4) is 0 Å². The third kappa shape index (κ3) is 3.10. The minimum absolute atomic E-state index is 0.0624. The van der Waals surface area contributed by atoms with Crippen LogP contribution >= 0.6 is 0 Å². The Bertz CT molecular complexity index is 286. The van der Waals surface area contributed by atoms with Gasteiger partial charge in [0.15, 0.2) is 13.9 Å². The van der Waals surface area contributed by atoms with E-state index in [0.29, 0.717) is 12.8 Å². The zero-order valence-electron chi connectivity index (χ0n) is 11.8. The standard InChI is InChI=1S/C13H26O3Si/c1-12(2,3)17(4,5)16-13(11(14)15)9-7-6-8-10-13/h6-10H2,1-5H3,(H,14,15). The number of hydrogen-bond acceptors (Lipinski definition) is 2. The summed E-state index contributed by atoms with van der Waals surface area (Å²) >= 11 is 0. The number of carbonyl (C=O) groups is 1. The Morgan fingerprint density at radius 1 is 1.18 bits per heavy atom. The summed E-state index contributed by atoms with van der Waals surface area (Å²) in [6.07, 6.45) is 4.43. The fraction of sp³-hybridized carbons (Fsp3) is 0.923. The Morgan fingerprint density at radius 3 is 2.00 bits per heavy atom. The fourth-order valence-corrected chi connectivity index (χ4v) is 3.70. The quantitative estimate of drug-likeness (QED) is 0.783. The van der Waals surface area contributed by atoms with Crippen LogP contribution in [0.2, 0.25) is 18.1 Å². The maximum Gasteiger partial charge on any atom is 0.334 e. The van der Waals surface area contributed by atoms with Crippen LogP contribution in [0.5, 0.6) is 0 Å². The lowest BCUT2D eigenvalue weighted by molar-refractivity contribution is -0.159. The van der Waals surface area contributed by atoms with Crippen molar-refractivity contribution in [2.75, 3.05) is 0 Å². The number of rotatable bonds is 3. The van der Waals surface area contributed by atoms with Crippen LogP contribution in [0.15, 0.2) is 0 Å². The average molecular weight is 258 g/mol. The Labute approximate surface area is 106 Å². The van der Waals surface area contributed by atoms with Gasteiger partial charge in [-0.2, -0.15) is 0 Å². The van der Waals surface area contributed by atoms with Crippen molar-refractivity contribution in [2.24, 2.45) is 0 Å². The van der Waals surface area contributed by atoms with Gasteiger partial charge in [0.25, 0.3) is 0 Å². The van der Waals surface area contributed by atoms with E-state index in [1.165, 1.54) is 0 Å². The van der Waals surface area contributed by atoms with Gasteiger partial charge in [0.05, 0.1) is 0 Å². The van der Waals surface area contributed by atoms with Gasteiger partial charge < -0.3 is 9.53 Å². The average Bonchev–Trinajstić information content (AvgIpc) is 2.16. The first-order chi connectivity index (χ1) is 7.61. The second kappa shape index (κ2) is 4.73. The zero-order chi connectivity index (χ0) is 13.3. The summed E-state index contributed by atoms with van der Waals surface area (Å²) in [5, 5.41) is 9.58. The summed E-state index contributed by atoms with van der Waals surface area (Å²) < 4.78 is 6.23. The number of carboxylic acid groups (broad SMARTS) is 1. The van der Waals surface area contributed by atoms with Gasteiger partial charge in [0, 0.05) is 0 Å². The molecule has 0 radical (unpaired) electrons. The molecule has 0 bridgehead atoms. The third-order valence-electron chi connectivity index (χ3n) is 4.31. The fourth-order valence-electron chi connectivity index (χ4n) is 2.12. The van der Waals surface area contributed by atoms with Gasteiger partial charge in [0.1, 0.15) is 0 Å². The molecule has 1 fully saturated rings. The van der Waals surface area contributed by atoms with Crippen LogP contribution in [-0.4, -0.2) is 25.0 Å². The van der Waals surface area contributed by atoms with Crippen molar-refractivity contribution in [2.45, 2.75) is 76.6 Å². The van der Waals surface area contributed by atoms with E-state index in [4.69, 9.17) is 4.43 Å². The van der Waals surface area contributed by atoms with Crippen LogP contribution in [0.1, 0.15) is 52.9 Å². The Morgan fingerprint density at radius 2 is 1.65 bits per heavy atom. The largest absolute Gasteiger partial charge is 0.479 e. The molecule has 0 heterocycles. The monoisotopic (exact) mass is 258 g/mol. The van der Waals surface area contributed by atoms with Crippen molar-refractivity contribution < 1.29 is 14.3 Å². The number of hydrogen-bond donors (Lipinski definition) is 1. The van der Waals surface area contributed by atoms with E-state index in [1.807, 2.05) is 0 Å². The van der Waals surface area contributed by atoms with Crippen molar-refractivity contribution in [1.82, 2.24) is 0 Å². The van der Waals surface area contributed by atoms with E-state index in [1.54, 1.807) is 0 Å². The molecule has 17 heavy (non-hydrogen) atoms. The summed E-state index contributed by atoms with van der Waals surface area (Å²) in [4.78, 5) is 11.6. The third-order valence-corrected chi connectivity index (χ3v) is 8.82. The van der Waals surface area contributed by atoms with Gasteiger partial charge >= 0.3 is 5.97 Å². The van der Waals surface area contributed by atoms with E-state index in [0.717, 1.165) is 19.3 Å². The van der Waals surface area contributed by atoms with Gasteiger partial charge in [0.2, 0.25) is 0 Å². The Hall–Kier alpha value is -0.353. The molecule has 4 heteroatoms. The lowest BCUT2D eigenvalue weighted by Gasteiger charge is -2.45. The van der Waals surface area contributed by atoms with Crippen LogP contribution in [-0.2, 0) is 9.22 Å². The molecule has 1 aliphatic carbocycles. The van der Waals surface area contributed by atoms with E-state index < -0.39 is 19.9 Å². The number of aliphatic carboxylic acids is 1. The SMILES string of the molecule is CC(C)(C)[Si](C)(C)OC1(C(=O)O)CCCCC1. The maximum atomic E-state index is 11.6. The van der Waals surface area contributed by atoms with Crippen LogP contribution in [0.25, 0.3) is 0 Å². The lowest BCUT2D eigenvalue weighted by Crippen LogP contribution is -2.54. The minimum atomic E-state index is -2.01. The molecule has 0 aromatic carbocycles. The molecule has 1 saturated carbocycles. The molecular weight excluding hydrogens is 232 g/mol. The molecule has 1 rings (SSSR count). The van der Waals surface area contributed by atoms with Crippen LogP contribution in [0.4, 0.5) is 0 Å². The van der Waals surface area contributed by atoms with E-state index >= 15 is 0 Å². The maximum absolute atomic E-state index is 11.6. The summed E-state index contributed by atoms with van der Waals surface area (Å²) in [6.45, 7) is 10.7. The highest BCUT2D eigenvalue weighted by Gasteiger charge is 2.49. The van der Waals surface area contributed by atoms with Crippen LogP contribution < -0.4 is 0 Å². The van der Waals surface area contributed by atoms with Gasteiger partial charge in [-0.15, -0.1) is 0 Å². The molecule has 0 spiro atoms. The summed E-state index contributed by atoms with van der Waals surface area (Å²) in [5.74, 6) is -0.762. The highest BCUT2D eigenvalue weighted by atomic mass is 28.4. The Kier molecular flexibility index (Phi) is 4.09. The van der Waals surface area contributed by atoms with E-state index in [-0.39, 0.29) is 5.04 Å². The Balaban J connectivity index is 2.91. The zero-order valence-corrected chi connectivity index (χ0v) is 12.8. The predicted octanol–water partition coefficient (Wildman–Crippen LogP) is 3.80. The molecule has 0 amide bonds. The van der Waals surface area contributed by atoms with Crippen molar-refractivity contribution in [3.05, 3.63) is 0 Å². The number of carboxylic acids is 1. The van der Waals surface area contributed by atoms with Crippen LogP contribution in [0.3, 0.4) is 0 Å². The lowest BCUT2D eigenvalue weighted by atomic mass is 9.85. The molecule has 0 unspecified atom stereocenters. The smallest absolute Gasteiger partial charge is 0.334 e. The molecule has 1 N–H and O–H groups in total. The highest BCUT2D eigenvalue weighted by Crippen LogP contribution is 2.43.